The molecule has 7 heteroatoms. The molecule has 0 N–H and O–H groups in total. The van der Waals surface area contributed by atoms with Crippen LogP contribution in [0.25, 0.3) is 22.3 Å². The van der Waals surface area contributed by atoms with Crippen molar-refractivity contribution in [1.82, 2.24) is 0 Å². The van der Waals surface area contributed by atoms with Gasteiger partial charge >= 0.3 is 0 Å². The zero-order chi connectivity index (χ0) is 24.9. The molecule has 3 aromatic carbocycles. The van der Waals surface area contributed by atoms with Gasteiger partial charge in [-0.1, -0.05) is 60.9 Å². The molecular formula is C28H25BF4O2. The summed E-state index contributed by atoms with van der Waals surface area (Å²) in [7, 11) is 5.42. The molecule has 180 valence electrons. The fourth-order valence-electron chi connectivity index (χ4n) is 4.31. The van der Waals surface area contributed by atoms with E-state index in [1.165, 1.54) is 18.2 Å². The van der Waals surface area contributed by atoms with Crippen LogP contribution in [0.3, 0.4) is 0 Å². The number of benzene rings is 3. The summed E-state index contributed by atoms with van der Waals surface area (Å²) in [5.74, 6) is -3.68. The molecule has 1 heterocycles. The van der Waals surface area contributed by atoms with Gasteiger partial charge in [-0.05, 0) is 36.5 Å². The Bertz CT molecular complexity index is 1200. The molecule has 1 aliphatic rings. The average molecular weight is 480 g/mol. The minimum absolute atomic E-state index is 0.0668. The number of ether oxygens (including phenoxy) is 2. The maximum Gasteiger partial charge on any atom is 0.167 e. The largest absolute Gasteiger partial charge is 0.501 e. The lowest BCUT2D eigenvalue weighted by Crippen LogP contribution is -2.24. The van der Waals surface area contributed by atoms with Gasteiger partial charge in [0.25, 0.3) is 0 Å². The van der Waals surface area contributed by atoms with Gasteiger partial charge in [0.05, 0.1) is 33.4 Å². The van der Waals surface area contributed by atoms with E-state index in [0.717, 1.165) is 6.42 Å². The SMILES string of the molecule is [B]Cc1ccc(-c2ccc(-c3ccc(C4CCC(CO/C=C/C)CO4)c(F)c3F)cc2)c(F)c1F. The van der Waals surface area contributed by atoms with Crippen LogP contribution in [0.1, 0.15) is 37.0 Å². The van der Waals surface area contributed by atoms with Crippen LogP contribution in [0.15, 0.2) is 60.9 Å². The van der Waals surface area contributed by atoms with Crippen LogP contribution >= 0.6 is 0 Å². The quantitative estimate of drug-likeness (QED) is 0.201. The lowest BCUT2D eigenvalue weighted by atomic mass is 9.92. The first-order chi connectivity index (χ1) is 16.9. The third kappa shape index (κ3) is 5.30. The summed E-state index contributed by atoms with van der Waals surface area (Å²) >= 11 is 0. The normalized spacial score (nSPS) is 18.2. The lowest BCUT2D eigenvalue weighted by molar-refractivity contribution is -0.0348. The molecule has 2 radical (unpaired) electrons. The lowest BCUT2D eigenvalue weighted by Gasteiger charge is -2.29. The topological polar surface area (TPSA) is 18.5 Å². The van der Waals surface area contributed by atoms with Crippen molar-refractivity contribution < 1.29 is 27.0 Å². The molecule has 1 fully saturated rings. The molecule has 4 rings (SSSR count). The Morgan fingerprint density at radius 3 is 2.06 bits per heavy atom. The molecule has 2 nitrogen and oxygen atoms in total. The third-order valence-electron chi connectivity index (χ3n) is 6.28. The maximum absolute atomic E-state index is 15.0. The van der Waals surface area contributed by atoms with Crippen molar-refractivity contribution in [1.29, 1.82) is 0 Å². The highest BCUT2D eigenvalue weighted by Gasteiger charge is 2.27. The average Bonchev–Trinajstić information content (AvgIpc) is 2.88. The van der Waals surface area contributed by atoms with E-state index >= 15 is 8.78 Å². The van der Waals surface area contributed by atoms with Gasteiger partial charge in [0.1, 0.15) is 0 Å². The molecule has 1 saturated heterocycles. The van der Waals surface area contributed by atoms with E-state index in [2.05, 4.69) is 0 Å². The van der Waals surface area contributed by atoms with Crippen LogP contribution in [0.2, 0.25) is 0 Å². The predicted octanol–water partition coefficient (Wildman–Crippen LogP) is 7.26. The van der Waals surface area contributed by atoms with Gasteiger partial charge in [-0.25, -0.2) is 17.6 Å². The molecule has 0 aliphatic carbocycles. The first-order valence-corrected chi connectivity index (χ1v) is 11.5. The van der Waals surface area contributed by atoms with E-state index in [1.54, 1.807) is 42.7 Å². The molecular weight excluding hydrogens is 455 g/mol. The monoisotopic (exact) mass is 480 g/mol. The van der Waals surface area contributed by atoms with Crippen molar-refractivity contribution in [2.45, 2.75) is 32.2 Å². The van der Waals surface area contributed by atoms with Crippen molar-refractivity contribution in [3.63, 3.8) is 0 Å². The molecule has 1 aliphatic heterocycles. The molecule has 35 heavy (non-hydrogen) atoms. The zero-order valence-corrected chi connectivity index (χ0v) is 19.4. The van der Waals surface area contributed by atoms with Gasteiger partial charge in [-0.15, -0.1) is 0 Å². The first-order valence-electron chi connectivity index (χ1n) is 11.5. The van der Waals surface area contributed by atoms with E-state index < -0.39 is 29.4 Å². The summed E-state index contributed by atoms with van der Waals surface area (Å²) in [6.45, 7) is 2.80. The van der Waals surface area contributed by atoms with Crippen LogP contribution in [0, 0.1) is 29.2 Å². The van der Waals surface area contributed by atoms with Crippen LogP contribution in [0.5, 0.6) is 0 Å². The van der Waals surface area contributed by atoms with E-state index in [-0.39, 0.29) is 34.5 Å². The Labute approximate surface area is 204 Å². The Kier molecular flexibility index (Phi) is 7.96. The molecule has 0 saturated carbocycles. The van der Waals surface area contributed by atoms with Crippen LogP contribution in [-0.2, 0) is 15.8 Å². The Hall–Kier alpha value is -3.06. The fourth-order valence-corrected chi connectivity index (χ4v) is 4.31. The smallest absolute Gasteiger partial charge is 0.167 e. The molecule has 0 bridgehead atoms. The Morgan fingerprint density at radius 2 is 1.49 bits per heavy atom. The highest BCUT2D eigenvalue weighted by Crippen LogP contribution is 2.36. The van der Waals surface area contributed by atoms with Crippen molar-refractivity contribution >= 4 is 7.85 Å². The maximum atomic E-state index is 15.0. The highest BCUT2D eigenvalue weighted by atomic mass is 19.2. The van der Waals surface area contributed by atoms with Gasteiger partial charge in [0.15, 0.2) is 23.3 Å². The number of hydrogen-bond donors (Lipinski definition) is 0. The second-order valence-corrected chi connectivity index (χ2v) is 8.58. The summed E-state index contributed by atoms with van der Waals surface area (Å²) in [5, 5.41) is 0. The number of allylic oxidation sites excluding steroid dienone is 1. The second kappa shape index (κ2) is 11.1. The molecule has 3 aromatic rings. The van der Waals surface area contributed by atoms with Crippen molar-refractivity contribution in [3.8, 4) is 22.3 Å². The fraction of sp³-hybridized carbons (Fsp3) is 0.286. The minimum atomic E-state index is -0.995. The van der Waals surface area contributed by atoms with Gasteiger partial charge in [-0.2, -0.15) is 0 Å². The van der Waals surface area contributed by atoms with E-state index in [9.17, 15) is 8.78 Å². The number of hydrogen-bond acceptors (Lipinski definition) is 2. The van der Waals surface area contributed by atoms with Crippen molar-refractivity contribution in [3.05, 3.63) is 95.3 Å². The molecule has 0 aromatic heterocycles. The number of rotatable bonds is 7. The van der Waals surface area contributed by atoms with Crippen LogP contribution < -0.4 is 0 Å². The molecule has 0 spiro atoms. The van der Waals surface area contributed by atoms with Gasteiger partial charge in [0.2, 0.25) is 0 Å². The summed E-state index contributed by atoms with van der Waals surface area (Å²) in [6, 6.07) is 12.1. The van der Waals surface area contributed by atoms with Crippen LogP contribution in [-0.4, -0.2) is 21.1 Å². The summed E-state index contributed by atoms with van der Waals surface area (Å²) in [6.07, 6.45) is 4.15. The van der Waals surface area contributed by atoms with E-state index in [1.807, 2.05) is 6.92 Å². The van der Waals surface area contributed by atoms with Gasteiger partial charge in [0, 0.05) is 22.6 Å². The summed E-state index contributed by atoms with van der Waals surface area (Å²) < 4.78 is 69.8. The minimum Gasteiger partial charge on any atom is -0.501 e. The van der Waals surface area contributed by atoms with E-state index in [4.69, 9.17) is 17.3 Å². The first kappa shape index (κ1) is 25.1. The molecule has 2 unspecified atom stereocenters. The Morgan fingerprint density at radius 1 is 0.857 bits per heavy atom. The second-order valence-electron chi connectivity index (χ2n) is 8.58. The van der Waals surface area contributed by atoms with E-state index in [0.29, 0.717) is 30.8 Å². The summed E-state index contributed by atoms with van der Waals surface area (Å²) in [4.78, 5) is 0. The molecule has 2 atom stereocenters. The highest BCUT2D eigenvalue weighted by molar-refractivity contribution is 6.08. The number of halogens is 4. The summed E-state index contributed by atoms with van der Waals surface area (Å²) in [5.41, 5.74) is 1.25. The standard InChI is InChI=1S/C28H25BF4O2/c1-2-13-34-15-17-3-12-24(35-16-17)23-11-10-22(27(32)28(23)33)19-6-4-18(5-7-19)21-9-8-20(14-29)25(30)26(21)31/h2,4-11,13,17,24H,3,12,14-16H2,1H3/b13-2+. The van der Waals surface area contributed by atoms with Gasteiger partial charge < -0.3 is 9.47 Å². The van der Waals surface area contributed by atoms with Crippen molar-refractivity contribution in [2.24, 2.45) is 5.92 Å². The third-order valence-corrected chi connectivity index (χ3v) is 6.28. The molecule has 0 amide bonds. The van der Waals surface area contributed by atoms with Crippen molar-refractivity contribution in [2.75, 3.05) is 13.2 Å². The van der Waals surface area contributed by atoms with Crippen LogP contribution in [0.4, 0.5) is 17.6 Å². The Balaban J connectivity index is 1.51. The zero-order valence-electron chi connectivity index (χ0n) is 19.4. The predicted molar refractivity (Wildman–Crippen MR) is 129 cm³/mol. The van der Waals surface area contributed by atoms with Gasteiger partial charge in [-0.3, -0.25) is 0 Å².